The second-order valence-corrected chi connectivity index (χ2v) is 6.98. The Morgan fingerprint density at radius 3 is 2.31 bits per heavy atom. The predicted molar refractivity (Wildman–Crippen MR) is 112 cm³/mol. The molecule has 0 bridgehead atoms. The molecule has 29 heavy (non-hydrogen) atoms. The van der Waals surface area contributed by atoms with Crippen molar-refractivity contribution in [1.82, 2.24) is 0 Å². The maximum Gasteiger partial charge on any atom is 0.337 e. The zero-order chi connectivity index (χ0) is 20.8. The van der Waals surface area contributed by atoms with Gasteiger partial charge in [0, 0.05) is 11.3 Å². The number of quaternary nitrogens is 1. The smallest absolute Gasteiger partial charge is 0.337 e. The van der Waals surface area contributed by atoms with Gasteiger partial charge >= 0.3 is 5.97 Å². The predicted octanol–water partition coefficient (Wildman–Crippen LogP) is 2.29. The van der Waals surface area contributed by atoms with Gasteiger partial charge in [-0.1, -0.05) is 18.2 Å². The fourth-order valence-electron chi connectivity index (χ4n) is 3.21. The van der Waals surface area contributed by atoms with E-state index in [1.807, 2.05) is 25.2 Å². The van der Waals surface area contributed by atoms with Crippen molar-refractivity contribution >= 4 is 28.3 Å². The fraction of sp³-hybridized carbons (Fsp3) is 0.217. The van der Waals surface area contributed by atoms with Crippen molar-refractivity contribution in [3.63, 3.8) is 0 Å². The lowest BCUT2D eigenvalue weighted by Crippen LogP contribution is -3.08. The molecule has 0 radical (unpaired) electrons. The average molecular weight is 393 g/mol. The second kappa shape index (κ2) is 9.21. The van der Waals surface area contributed by atoms with Crippen LogP contribution in [0.5, 0.6) is 5.75 Å². The lowest BCUT2D eigenvalue weighted by Gasteiger charge is -2.14. The number of likely N-dealkylation sites (N-methyl/N-ethyl adjacent to an activating group) is 1. The van der Waals surface area contributed by atoms with E-state index in [2.05, 4.69) is 28.3 Å². The zero-order valence-electron chi connectivity index (χ0n) is 16.8. The monoisotopic (exact) mass is 393 g/mol. The Kier molecular flexibility index (Phi) is 6.46. The number of carbonyl (C=O) groups excluding carboxylic acids is 2. The molecule has 1 atom stereocenters. The number of hydrogen-bond donors (Lipinski definition) is 2. The van der Waals surface area contributed by atoms with Crippen molar-refractivity contribution in [3.8, 4) is 5.75 Å². The number of benzene rings is 3. The summed E-state index contributed by atoms with van der Waals surface area (Å²) in [6.45, 7) is 1.07. The van der Waals surface area contributed by atoms with E-state index in [4.69, 9.17) is 4.74 Å². The van der Waals surface area contributed by atoms with Crippen LogP contribution in [0.4, 0.5) is 5.69 Å². The lowest BCUT2D eigenvalue weighted by molar-refractivity contribution is -0.885. The maximum absolute atomic E-state index is 12.3. The number of anilines is 1. The van der Waals surface area contributed by atoms with Gasteiger partial charge in [-0.05, 0) is 53.2 Å². The number of methoxy groups -OCH3 is 2. The highest BCUT2D eigenvalue weighted by atomic mass is 16.5. The van der Waals surface area contributed by atoms with Gasteiger partial charge in [-0.25, -0.2) is 4.79 Å². The molecule has 0 fully saturated rings. The van der Waals surface area contributed by atoms with Gasteiger partial charge in [-0.15, -0.1) is 0 Å². The first-order valence-corrected chi connectivity index (χ1v) is 9.34. The van der Waals surface area contributed by atoms with Gasteiger partial charge in [-0.2, -0.15) is 0 Å². The molecular formula is C23H25N2O4+. The zero-order valence-corrected chi connectivity index (χ0v) is 16.8. The number of rotatable bonds is 7. The van der Waals surface area contributed by atoms with Crippen LogP contribution in [0.3, 0.4) is 0 Å². The molecule has 3 aromatic rings. The maximum atomic E-state index is 12.3. The quantitative estimate of drug-likeness (QED) is 0.605. The van der Waals surface area contributed by atoms with Crippen molar-refractivity contribution in [2.45, 2.75) is 6.54 Å². The summed E-state index contributed by atoms with van der Waals surface area (Å²) in [5.41, 5.74) is 2.26. The third kappa shape index (κ3) is 5.33. The standard InChI is InChI=1S/C23H24N2O4/c1-25(14-16-4-5-19-13-21(28-2)11-8-18(19)12-16)15-22(26)24-20-9-6-17(7-10-20)23(27)29-3/h4-13H,14-15H2,1-3H3,(H,24,26)/p+1. The molecule has 0 aliphatic carbocycles. The van der Waals surface area contributed by atoms with Crippen LogP contribution < -0.4 is 15.0 Å². The Labute approximate surface area is 170 Å². The summed E-state index contributed by atoms with van der Waals surface area (Å²) in [6, 6.07) is 18.9. The molecule has 150 valence electrons. The molecular weight excluding hydrogens is 368 g/mol. The molecule has 6 nitrogen and oxygen atoms in total. The molecule has 1 unspecified atom stereocenters. The average Bonchev–Trinajstić information content (AvgIpc) is 2.73. The van der Waals surface area contributed by atoms with E-state index in [9.17, 15) is 9.59 Å². The molecule has 0 saturated heterocycles. The van der Waals surface area contributed by atoms with Crippen LogP contribution in [0.2, 0.25) is 0 Å². The molecule has 3 aromatic carbocycles. The first-order chi connectivity index (χ1) is 14.0. The summed E-state index contributed by atoms with van der Waals surface area (Å²) in [7, 11) is 4.98. The summed E-state index contributed by atoms with van der Waals surface area (Å²) in [4.78, 5) is 24.9. The van der Waals surface area contributed by atoms with Crippen molar-refractivity contribution in [1.29, 1.82) is 0 Å². The van der Waals surface area contributed by atoms with Crippen LogP contribution >= 0.6 is 0 Å². The number of ether oxygens (including phenoxy) is 2. The van der Waals surface area contributed by atoms with Crippen LogP contribution in [0.15, 0.2) is 60.7 Å². The van der Waals surface area contributed by atoms with Crippen molar-refractivity contribution < 1.29 is 24.0 Å². The van der Waals surface area contributed by atoms with Gasteiger partial charge in [0.2, 0.25) is 0 Å². The Hall–Kier alpha value is -3.38. The Morgan fingerprint density at radius 2 is 1.62 bits per heavy atom. The summed E-state index contributed by atoms with van der Waals surface area (Å²) in [6.07, 6.45) is 0. The number of esters is 1. The molecule has 2 N–H and O–H groups in total. The molecule has 3 rings (SSSR count). The molecule has 0 aromatic heterocycles. The summed E-state index contributed by atoms with van der Waals surface area (Å²) < 4.78 is 9.93. The minimum atomic E-state index is -0.402. The number of hydrogen-bond acceptors (Lipinski definition) is 4. The van der Waals surface area contributed by atoms with E-state index in [0.29, 0.717) is 17.8 Å². The van der Waals surface area contributed by atoms with Crippen LogP contribution in [-0.2, 0) is 16.1 Å². The molecule has 0 aliphatic heterocycles. The normalized spacial score (nSPS) is 11.7. The highest BCUT2D eigenvalue weighted by Crippen LogP contribution is 2.21. The highest BCUT2D eigenvalue weighted by Gasteiger charge is 2.12. The Bertz CT molecular complexity index is 1020. The molecule has 1 amide bonds. The van der Waals surface area contributed by atoms with E-state index < -0.39 is 5.97 Å². The van der Waals surface area contributed by atoms with Gasteiger partial charge in [0.1, 0.15) is 12.3 Å². The third-order valence-electron chi connectivity index (χ3n) is 4.67. The van der Waals surface area contributed by atoms with E-state index in [1.165, 1.54) is 7.11 Å². The van der Waals surface area contributed by atoms with Crippen LogP contribution in [0.1, 0.15) is 15.9 Å². The molecule has 6 heteroatoms. The minimum Gasteiger partial charge on any atom is -0.497 e. The molecule has 0 aliphatic rings. The number of carbonyl (C=O) groups is 2. The largest absolute Gasteiger partial charge is 0.497 e. The summed E-state index contributed by atoms with van der Waals surface area (Å²) in [5, 5.41) is 5.13. The SMILES string of the molecule is COC(=O)c1ccc(NC(=O)C[NH+](C)Cc2ccc3cc(OC)ccc3c2)cc1. The van der Waals surface area contributed by atoms with Gasteiger partial charge in [-0.3, -0.25) is 4.79 Å². The first kappa shape index (κ1) is 20.4. The van der Waals surface area contributed by atoms with Gasteiger partial charge in [0.25, 0.3) is 5.91 Å². The second-order valence-electron chi connectivity index (χ2n) is 6.98. The van der Waals surface area contributed by atoms with Crippen molar-refractivity contribution in [2.24, 2.45) is 0 Å². The highest BCUT2D eigenvalue weighted by molar-refractivity contribution is 5.93. The number of nitrogens with one attached hydrogen (secondary N) is 2. The Balaban J connectivity index is 1.57. The van der Waals surface area contributed by atoms with Crippen LogP contribution in [0.25, 0.3) is 10.8 Å². The molecule has 0 spiro atoms. The summed E-state index contributed by atoms with van der Waals surface area (Å²) >= 11 is 0. The van der Waals surface area contributed by atoms with Crippen LogP contribution in [-0.4, -0.2) is 39.7 Å². The van der Waals surface area contributed by atoms with E-state index in [1.54, 1.807) is 31.4 Å². The number of amides is 1. The van der Waals surface area contributed by atoms with Gasteiger partial charge in [0.15, 0.2) is 6.54 Å². The number of fused-ring (bicyclic) bond motifs is 1. The van der Waals surface area contributed by atoms with E-state index >= 15 is 0 Å². The van der Waals surface area contributed by atoms with Crippen molar-refractivity contribution in [2.75, 3.05) is 33.1 Å². The summed E-state index contributed by atoms with van der Waals surface area (Å²) in [5.74, 6) is 0.351. The topological polar surface area (TPSA) is 69.1 Å². The fourth-order valence-corrected chi connectivity index (χ4v) is 3.21. The molecule has 0 saturated carbocycles. The van der Waals surface area contributed by atoms with E-state index in [0.717, 1.165) is 33.5 Å². The minimum absolute atomic E-state index is 0.0844. The molecule has 0 heterocycles. The van der Waals surface area contributed by atoms with Crippen LogP contribution in [0, 0.1) is 0 Å². The van der Waals surface area contributed by atoms with Gasteiger partial charge < -0.3 is 19.7 Å². The lowest BCUT2D eigenvalue weighted by atomic mass is 10.1. The van der Waals surface area contributed by atoms with E-state index in [-0.39, 0.29) is 5.91 Å². The third-order valence-corrected chi connectivity index (χ3v) is 4.67. The van der Waals surface area contributed by atoms with Crippen molar-refractivity contribution in [3.05, 3.63) is 71.8 Å². The Morgan fingerprint density at radius 1 is 0.931 bits per heavy atom. The van der Waals surface area contributed by atoms with Gasteiger partial charge in [0.05, 0.1) is 26.8 Å². The first-order valence-electron chi connectivity index (χ1n) is 9.34.